The van der Waals surface area contributed by atoms with Crippen molar-refractivity contribution in [2.75, 3.05) is 36.2 Å². The molecule has 0 spiro atoms. The number of anilines is 4. The van der Waals surface area contributed by atoms with Crippen LogP contribution < -0.4 is 15.5 Å². The maximum absolute atomic E-state index is 13.1. The molecule has 10 heteroatoms. The first-order valence-corrected chi connectivity index (χ1v) is 8.49. The first-order valence-electron chi connectivity index (χ1n) is 8.11. The molecule has 0 aliphatic carbocycles. The Bertz CT molecular complexity index is 901. The number of nitrogens with zero attached hydrogens (tertiary/aromatic N) is 4. The number of aliphatic hydroxyl groups excluding tert-OH is 1. The Balaban J connectivity index is 1.78. The average molecular weight is 392 g/mol. The van der Waals surface area contributed by atoms with Gasteiger partial charge in [0.1, 0.15) is 16.7 Å². The average Bonchev–Trinajstić information content (AvgIpc) is 3.12. The van der Waals surface area contributed by atoms with Gasteiger partial charge >= 0.3 is 0 Å². The van der Waals surface area contributed by atoms with Crippen molar-refractivity contribution in [1.29, 1.82) is 0 Å². The van der Waals surface area contributed by atoms with E-state index in [1.807, 2.05) is 19.0 Å². The monoisotopic (exact) mass is 391 g/mol. The van der Waals surface area contributed by atoms with Crippen LogP contribution in [-0.2, 0) is 0 Å². The van der Waals surface area contributed by atoms with Crippen molar-refractivity contribution in [3.8, 4) is 0 Å². The van der Waals surface area contributed by atoms with Gasteiger partial charge in [-0.1, -0.05) is 23.7 Å². The first-order chi connectivity index (χ1) is 13.0. The lowest BCUT2D eigenvalue weighted by Gasteiger charge is -2.17. The van der Waals surface area contributed by atoms with E-state index >= 15 is 0 Å². The topological polar surface area (TPSA) is 102 Å². The highest BCUT2D eigenvalue weighted by atomic mass is 35.5. The predicted octanol–water partition coefficient (Wildman–Crippen LogP) is 2.95. The molecule has 0 bridgehead atoms. The third kappa shape index (κ3) is 4.63. The van der Waals surface area contributed by atoms with Gasteiger partial charge in [0.05, 0.1) is 18.8 Å². The van der Waals surface area contributed by atoms with E-state index in [0.717, 1.165) is 5.82 Å². The van der Waals surface area contributed by atoms with Crippen LogP contribution in [-0.4, -0.2) is 46.0 Å². The van der Waals surface area contributed by atoms with Gasteiger partial charge in [0.25, 0.3) is 0 Å². The van der Waals surface area contributed by atoms with E-state index in [1.54, 1.807) is 18.2 Å². The third-order valence-electron chi connectivity index (χ3n) is 3.78. The van der Waals surface area contributed by atoms with Crippen LogP contribution in [0.15, 0.2) is 36.5 Å². The van der Waals surface area contributed by atoms with Gasteiger partial charge in [0.2, 0.25) is 5.95 Å². The molecule has 27 heavy (non-hydrogen) atoms. The Morgan fingerprint density at radius 2 is 2.04 bits per heavy atom. The molecule has 4 N–H and O–H groups in total. The molecule has 0 unspecified atom stereocenters. The molecule has 0 radical (unpaired) electrons. The summed E-state index contributed by atoms with van der Waals surface area (Å²) >= 11 is 6.17. The standard InChI is InChI=1S/C17H19ClFN7O/c1-26(2)15-7-14(24-25-15)22-16-12(18)8-20-17(23-16)21-13(9-27)10-3-5-11(19)6-4-10/h3-8,13,27H,9H2,1-2H3,(H3,20,21,22,23,24,25)/t13-/m0/s1. The number of aromatic nitrogens is 4. The number of aliphatic hydroxyl groups is 1. The second-order valence-electron chi connectivity index (χ2n) is 5.98. The van der Waals surface area contributed by atoms with Crippen molar-refractivity contribution in [2.45, 2.75) is 6.04 Å². The summed E-state index contributed by atoms with van der Waals surface area (Å²) in [6.07, 6.45) is 1.45. The molecule has 3 aromatic rings. The number of aromatic amines is 1. The second kappa shape index (κ2) is 8.19. The fourth-order valence-corrected chi connectivity index (χ4v) is 2.48. The summed E-state index contributed by atoms with van der Waals surface area (Å²) in [6, 6.07) is 7.15. The number of halogens is 2. The van der Waals surface area contributed by atoms with Gasteiger partial charge in [-0.2, -0.15) is 10.1 Å². The summed E-state index contributed by atoms with van der Waals surface area (Å²) in [6.45, 7) is -0.215. The van der Waals surface area contributed by atoms with Gasteiger partial charge in [-0.25, -0.2) is 9.37 Å². The lowest BCUT2D eigenvalue weighted by molar-refractivity contribution is 0.276. The fourth-order valence-electron chi connectivity index (χ4n) is 2.34. The van der Waals surface area contributed by atoms with Crippen LogP contribution in [0.5, 0.6) is 0 Å². The summed E-state index contributed by atoms with van der Waals surface area (Å²) in [5, 5.41) is 23.0. The lowest BCUT2D eigenvalue weighted by Crippen LogP contribution is -2.17. The Kier molecular flexibility index (Phi) is 5.72. The third-order valence-corrected chi connectivity index (χ3v) is 4.05. The van der Waals surface area contributed by atoms with Gasteiger partial charge in [-0.3, -0.25) is 5.10 Å². The summed E-state index contributed by atoms with van der Waals surface area (Å²) in [7, 11) is 3.76. The minimum Gasteiger partial charge on any atom is -0.394 e. The SMILES string of the molecule is CN(C)c1cc(Nc2nc(N[C@@H](CO)c3ccc(F)cc3)ncc2Cl)[nH]n1. The number of nitrogens with one attached hydrogen (secondary N) is 3. The van der Waals surface area contributed by atoms with Crippen molar-refractivity contribution in [2.24, 2.45) is 0 Å². The van der Waals surface area contributed by atoms with E-state index in [0.29, 0.717) is 22.2 Å². The molecule has 0 aliphatic rings. The van der Waals surface area contributed by atoms with Crippen LogP contribution in [0.1, 0.15) is 11.6 Å². The number of hydrogen-bond acceptors (Lipinski definition) is 7. The molecule has 2 heterocycles. The van der Waals surface area contributed by atoms with E-state index in [2.05, 4.69) is 30.8 Å². The van der Waals surface area contributed by atoms with E-state index in [1.165, 1.54) is 18.3 Å². The van der Waals surface area contributed by atoms with Crippen LogP contribution in [0.2, 0.25) is 5.02 Å². The molecule has 0 aliphatic heterocycles. The normalized spacial score (nSPS) is 11.9. The Hall–Kier alpha value is -2.91. The van der Waals surface area contributed by atoms with Crippen molar-refractivity contribution >= 4 is 35.0 Å². The Morgan fingerprint density at radius 3 is 2.67 bits per heavy atom. The zero-order chi connectivity index (χ0) is 19.4. The lowest BCUT2D eigenvalue weighted by atomic mass is 10.1. The van der Waals surface area contributed by atoms with Crippen LogP contribution in [0.3, 0.4) is 0 Å². The molecule has 2 aromatic heterocycles. The van der Waals surface area contributed by atoms with Crippen molar-refractivity contribution in [1.82, 2.24) is 20.2 Å². The van der Waals surface area contributed by atoms with Crippen molar-refractivity contribution in [3.63, 3.8) is 0 Å². The second-order valence-corrected chi connectivity index (χ2v) is 6.39. The molecule has 8 nitrogen and oxygen atoms in total. The molecule has 1 aromatic carbocycles. The molecule has 142 valence electrons. The zero-order valence-electron chi connectivity index (χ0n) is 14.7. The molecule has 1 atom stereocenters. The van der Waals surface area contributed by atoms with Gasteiger partial charge < -0.3 is 20.6 Å². The molecule has 3 rings (SSSR count). The Labute approximate surface area is 160 Å². The number of H-pyrrole nitrogens is 1. The van der Waals surface area contributed by atoms with Crippen molar-refractivity contribution in [3.05, 3.63) is 52.9 Å². The molecule has 0 saturated heterocycles. The largest absolute Gasteiger partial charge is 0.394 e. The minimum atomic E-state index is -0.493. The first kappa shape index (κ1) is 18.9. The maximum atomic E-state index is 13.1. The minimum absolute atomic E-state index is 0.215. The smallest absolute Gasteiger partial charge is 0.225 e. The predicted molar refractivity (Wildman–Crippen MR) is 103 cm³/mol. The van der Waals surface area contributed by atoms with Crippen LogP contribution >= 0.6 is 11.6 Å². The number of benzene rings is 1. The fraction of sp³-hybridized carbons (Fsp3) is 0.235. The highest BCUT2D eigenvalue weighted by Crippen LogP contribution is 2.25. The van der Waals surface area contributed by atoms with E-state index in [9.17, 15) is 9.50 Å². The van der Waals surface area contributed by atoms with Gasteiger partial charge in [0, 0.05) is 20.2 Å². The molecule has 0 fully saturated rings. The number of hydrogen-bond donors (Lipinski definition) is 4. The van der Waals surface area contributed by atoms with E-state index in [4.69, 9.17) is 11.6 Å². The molecule has 0 saturated carbocycles. The summed E-state index contributed by atoms with van der Waals surface area (Å²) in [5.41, 5.74) is 0.705. The van der Waals surface area contributed by atoms with Gasteiger partial charge in [-0.05, 0) is 17.7 Å². The highest BCUT2D eigenvalue weighted by molar-refractivity contribution is 6.32. The van der Waals surface area contributed by atoms with Crippen LogP contribution in [0.4, 0.5) is 27.8 Å². The Morgan fingerprint density at radius 1 is 1.30 bits per heavy atom. The van der Waals surface area contributed by atoms with E-state index in [-0.39, 0.29) is 18.4 Å². The summed E-state index contributed by atoms with van der Waals surface area (Å²) in [4.78, 5) is 10.3. The highest BCUT2D eigenvalue weighted by Gasteiger charge is 2.14. The quantitative estimate of drug-likeness (QED) is 0.491. The number of rotatable bonds is 7. The summed E-state index contributed by atoms with van der Waals surface area (Å²) < 4.78 is 13.1. The molecule has 0 amide bonds. The van der Waals surface area contributed by atoms with E-state index < -0.39 is 6.04 Å². The summed E-state index contributed by atoms with van der Waals surface area (Å²) in [5.74, 6) is 1.65. The zero-order valence-corrected chi connectivity index (χ0v) is 15.5. The maximum Gasteiger partial charge on any atom is 0.225 e. The van der Waals surface area contributed by atoms with Crippen molar-refractivity contribution < 1.29 is 9.50 Å². The van der Waals surface area contributed by atoms with Gasteiger partial charge in [-0.15, -0.1) is 0 Å². The molecular formula is C17H19ClFN7O. The van der Waals surface area contributed by atoms with Crippen LogP contribution in [0, 0.1) is 5.82 Å². The van der Waals surface area contributed by atoms with Crippen LogP contribution in [0.25, 0.3) is 0 Å². The molecular weight excluding hydrogens is 373 g/mol. The van der Waals surface area contributed by atoms with Gasteiger partial charge in [0.15, 0.2) is 11.6 Å².